The molecular formula is C32H40FN3O4S. The van der Waals surface area contributed by atoms with Crippen molar-refractivity contribution in [2.45, 2.75) is 52.6 Å². The lowest BCUT2D eigenvalue weighted by Crippen LogP contribution is -2.51. The third kappa shape index (κ3) is 9.42. The first-order valence-electron chi connectivity index (χ1n) is 13.8. The van der Waals surface area contributed by atoms with E-state index < -0.39 is 21.9 Å². The lowest BCUT2D eigenvalue weighted by molar-refractivity contribution is -0.141. The maximum absolute atomic E-state index is 14.8. The van der Waals surface area contributed by atoms with Gasteiger partial charge in [-0.15, -0.1) is 0 Å². The summed E-state index contributed by atoms with van der Waals surface area (Å²) in [6.45, 7) is 6.23. The Labute approximate surface area is 243 Å². The molecule has 0 spiro atoms. The molecule has 0 fully saturated rings. The Hall–Kier alpha value is -3.72. The van der Waals surface area contributed by atoms with E-state index in [1.54, 1.807) is 30.3 Å². The van der Waals surface area contributed by atoms with Gasteiger partial charge in [0.15, 0.2) is 0 Å². The number of hydrogen-bond acceptors (Lipinski definition) is 4. The minimum atomic E-state index is -3.60. The Kier molecular flexibility index (Phi) is 11.5. The Morgan fingerprint density at radius 1 is 0.927 bits per heavy atom. The van der Waals surface area contributed by atoms with Gasteiger partial charge in [-0.3, -0.25) is 13.9 Å². The minimum Gasteiger partial charge on any atom is -0.354 e. The second-order valence-corrected chi connectivity index (χ2v) is 12.6. The maximum atomic E-state index is 14.8. The van der Waals surface area contributed by atoms with Crippen LogP contribution in [0.15, 0.2) is 78.9 Å². The molecule has 1 N–H and O–H groups in total. The number of halogens is 1. The second kappa shape index (κ2) is 14.8. The zero-order valence-corrected chi connectivity index (χ0v) is 25.0. The molecule has 0 heterocycles. The van der Waals surface area contributed by atoms with E-state index in [1.165, 1.54) is 15.3 Å². The van der Waals surface area contributed by atoms with Crippen LogP contribution in [-0.4, -0.2) is 50.5 Å². The molecule has 0 saturated carbocycles. The van der Waals surface area contributed by atoms with Crippen LogP contribution in [-0.2, 0) is 32.6 Å². The van der Waals surface area contributed by atoms with Crippen LogP contribution in [0.4, 0.5) is 10.1 Å². The highest BCUT2D eigenvalue weighted by atomic mass is 32.2. The van der Waals surface area contributed by atoms with Crippen molar-refractivity contribution in [3.63, 3.8) is 0 Å². The quantitative estimate of drug-likeness (QED) is 0.287. The van der Waals surface area contributed by atoms with E-state index >= 15 is 0 Å². The van der Waals surface area contributed by atoms with Gasteiger partial charge >= 0.3 is 0 Å². The average Bonchev–Trinajstić information content (AvgIpc) is 2.93. The van der Waals surface area contributed by atoms with Gasteiger partial charge < -0.3 is 10.2 Å². The number of hydrogen-bond donors (Lipinski definition) is 1. The molecule has 0 saturated heterocycles. The largest absolute Gasteiger partial charge is 0.354 e. The molecular weight excluding hydrogens is 541 g/mol. The van der Waals surface area contributed by atoms with E-state index in [9.17, 15) is 22.4 Å². The van der Waals surface area contributed by atoms with Crippen LogP contribution in [0.5, 0.6) is 0 Å². The number of nitrogens with zero attached hydrogens (tertiary/aromatic N) is 2. The van der Waals surface area contributed by atoms with E-state index in [4.69, 9.17) is 0 Å². The number of sulfonamides is 1. The Morgan fingerprint density at radius 3 is 2.20 bits per heavy atom. The smallest absolute Gasteiger partial charge is 0.243 e. The SMILES string of the molecule is Cc1ccccc1N(CCCC(=O)N(Cc1ccccc1F)C(Cc1ccccc1)C(=O)NCC(C)C)S(C)(=O)=O. The monoisotopic (exact) mass is 581 g/mol. The van der Waals surface area contributed by atoms with E-state index in [-0.39, 0.29) is 50.1 Å². The molecule has 3 aromatic carbocycles. The van der Waals surface area contributed by atoms with Crippen LogP contribution < -0.4 is 9.62 Å². The third-order valence-electron chi connectivity index (χ3n) is 6.79. The first-order chi connectivity index (χ1) is 19.5. The fraction of sp³-hybridized carbons (Fsp3) is 0.375. The highest BCUT2D eigenvalue weighted by molar-refractivity contribution is 7.92. The van der Waals surface area contributed by atoms with E-state index in [2.05, 4.69) is 5.32 Å². The highest BCUT2D eigenvalue weighted by Crippen LogP contribution is 2.23. The second-order valence-electron chi connectivity index (χ2n) is 10.7. The predicted molar refractivity (Wildman–Crippen MR) is 161 cm³/mol. The summed E-state index contributed by atoms with van der Waals surface area (Å²) >= 11 is 0. The van der Waals surface area contributed by atoms with Gasteiger partial charge in [0.05, 0.1) is 11.9 Å². The van der Waals surface area contributed by atoms with Crippen LogP contribution >= 0.6 is 0 Å². The van der Waals surface area contributed by atoms with Crippen LogP contribution in [0.1, 0.15) is 43.4 Å². The molecule has 220 valence electrons. The standard InChI is InChI=1S/C32H40FN3O4S/c1-24(2)22-34-32(38)30(21-26-14-6-5-7-15-26)35(23-27-16-9-10-17-28(27)33)31(37)19-12-20-36(41(4,39)40)29-18-11-8-13-25(29)3/h5-11,13-18,24,30H,12,19-23H2,1-4H3,(H,34,38). The number of nitrogens with one attached hydrogen (secondary N) is 1. The number of rotatable bonds is 14. The molecule has 7 nitrogen and oxygen atoms in total. The number of benzene rings is 3. The molecule has 3 aromatic rings. The molecule has 1 atom stereocenters. The van der Waals surface area contributed by atoms with Gasteiger partial charge in [-0.25, -0.2) is 12.8 Å². The van der Waals surface area contributed by atoms with Crippen molar-refractivity contribution in [2.24, 2.45) is 5.92 Å². The Balaban J connectivity index is 1.90. The molecule has 9 heteroatoms. The summed E-state index contributed by atoms with van der Waals surface area (Å²) in [6.07, 6.45) is 1.60. The minimum absolute atomic E-state index is 0.0187. The zero-order valence-electron chi connectivity index (χ0n) is 24.2. The van der Waals surface area contributed by atoms with Gasteiger partial charge in [-0.1, -0.05) is 80.6 Å². The summed E-state index contributed by atoms with van der Waals surface area (Å²) in [5, 5.41) is 2.95. The van der Waals surface area contributed by atoms with Crippen molar-refractivity contribution in [1.82, 2.24) is 10.2 Å². The summed E-state index contributed by atoms with van der Waals surface area (Å²) < 4.78 is 41.3. The first kappa shape index (κ1) is 31.8. The summed E-state index contributed by atoms with van der Waals surface area (Å²) in [7, 11) is -3.60. The predicted octanol–water partition coefficient (Wildman–Crippen LogP) is 5.09. The van der Waals surface area contributed by atoms with Crippen molar-refractivity contribution < 1.29 is 22.4 Å². The summed E-state index contributed by atoms with van der Waals surface area (Å²) in [5.41, 5.74) is 2.52. The van der Waals surface area contributed by atoms with Crippen LogP contribution in [0.25, 0.3) is 0 Å². The number of aryl methyl sites for hydroxylation is 1. The fourth-order valence-corrected chi connectivity index (χ4v) is 5.64. The van der Waals surface area contributed by atoms with Gasteiger partial charge in [-0.05, 0) is 42.5 Å². The number of carbonyl (C=O) groups excluding carboxylic acids is 2. The number of amides is 2. The van der Waals surface area contributed by atoms with Crippen LogP contribution in [0, 0.1) is 18.7 Å². The van der Waals surface area contributed by atoms with E-state index in [0.29, 0.717) is 17.8 Å². The number of anilines is 1. The van der Waals surface area contributed by atoms with Gasteiger partial charge in [0, 0.05) is 38.0 Å². The third-order valence-corrected chi connectivity index (χ3v) is 7.97. The van der Waals surface area contributed by atoms with Crippen LogP contribution in [0.2, 0.25) is 0 Å². The lowest BCUT2D eigenvalue weighted by atomic mass is 10.0. The molecule has 2 amide bonds. The molecule has 0 aliphatic heterocycles. The molecule has 0 aromatic heterocycles. The molecule has 1 unspecified atom stereocenters. The van der Waals surface area contributed by atoms with E-state index in [0.717, 1.165) is 17.4 Å². The lowest BCUT2D eigenvalue weighted by Gasteiger charge is -2.32. The molecule has 41 heavy (non-hydrogen) atoms. The number of para-hydroxylation sites is 1. The summed E-state index contributed by atoms with van der Waals surface area (Å²) in [6, 6.07) is 21.9. The topological polar surface area (TPSA) is 86.8 Å². The van der Waals surface area contributed by atoms with Gasteiger partial charge in [0.2, 0.25) is 21.8 Å². The van der Waals surface area contributed by atoms with Crippen molar-refractivity contribution in [3.05, 3.63) is 101 Å². The van der Waals surface area contributed by atoms with Gasteiger partial charge in [-0.2, -0.15) is 0 Å². The van der Waals surface area contributed by atoms with Crippen molar-refractivity contribution in [3.8, 4) is 0 Å². The molecule has 0 bridgehead atoms. The normalized spacial score (nSPS) is 12.1. The molecule has 0 aliphatic carbocycles. The van der Waals surface area contributed by atoms with Gasteiger partial charge in [0.1, 0.15) is 11.9 Å². The van der Waals surface area contributed by atoms with Crippen molar-refractivity contribution in [1.29, 1.82) is 0 Å². The first-order valence-corrected chi connectivity index (χ1v) is 15.7. The molecule has 0 aliphatic rings. The van der Waals surface area contributed by atoms with E-state index in [1.807, 2.05) is 63.2 Å². The van der Waals surface area contributed by atoms with Crippen molar-refractivity contribution >= 4 is 27.5 Å². The maximum Gasteiger partial charge on any atom is 0.243 e. The Bertz CT molecular complexity index is 1410. The Morgan fingerprint density at radius 2 is 1.56 bits per heavy atom. The molecule has 0 radical (unpaired) electrons. The highest BCUT2D eigenvalue weighted by Gasteiger charge is 2.31. The van der Waals surface area contributed by atoms with Crippen molar-refractivity contribution in [2.75, 3.05) is 23.7 Å². The van der Waals surface area contributed by atoms with Crippen LogP contribution in [0.3, 0.4) is 0 Å². The number of carbonyl (C=O) groups is 2. The summed E-state index contributed by atoms with van der Waals surface area (Å²) in [4.78, 5) is 28.8. The summed E-state index contributed by atoms with van der Waals surface area (Å²) in [5.74, 6) is -0.929. The average molecular weight is 582 g/mol. The molecule has 3 rings (SSSR count). The van der Waals surface area contributed by atoms with Gasteiger partial charge in [0.25, 0.3) is 0 Å². The fourth-order valence-electron chi connectivity index (χ4n) is 4.61. The zero-order chi connectivity index (χ0) is 30.0.